The Morgan fingerprint density at radius 1 is 1.24 bits per heavy atom. The maximum absolute atomic E-state index is 11.1. The highest BCUT2D eigenvalue weighted by Crippen LogP contribution is 2.27. The third-order valence-electron chi connectivity index (χ3n) is 3.49. The lowest BCUT2D eigenvalue weighted by Gasteiger charge is -2.04. The van der Waals surface area contributed by atoms with Crippen LogP contribution in [0, 0.1) is 0 Å². The Labute approximate surface area is 150 Å². The molecule has 2 N–H and O–H groups in total. The summed E-state index contributed by atoms with van der Waals surface area (Å²) in [6.07, 6.45) is 5.45. The molecular formula is C16H19N5O2S2. The minimum Gasteiger partial charge on any atom is -0.329 e. The van der Waals surface area contributed by atoms with Gasteiger partial charge in [0.15, 0.2) is 5.13 Å². The zero-order valence-corrected chi connectivity index (χ0v) is 15.6. The van der Waals surface area contributed by atoms with Gasteiger partial charge in [-0.3, -0.25) is 4.68 Å². The summed E-state index contributed by atoms with van der Waals surface area (Å²) in [5, 5.41) is 10.2. The van der Waals surface area contributed by atoms with Gasteiger partial charge in [0.2, 0.25) is 10.0 Å². The van der Waals surface area contributed by atoms with Crippen LogP contribution in [0.5, 0.6) is 0 Å². The molecule has 25 heavy (non-hydrogen) atoms. The molecule has 3 aromatic rings. The highest BCUT2D eigenvalue weighted by Gasteiger charge is 2.06. The van der Waals surface area contributed by atoms with Crippen LogP contribution in [0.15, 0.2) is 42.0 Å². The largest absolute Gasteiger partial charge is 0.329 e. The molecule has 0 saturated carbocycles. The molecule has 3 rings (SSSR count). The predicted octanol–water partition coefficient (Wildman–Crippen LogP) is 2.38. The lowest BCUT2D eigenvalue weighted by atomic mass is 10.1. The zero-order chi connectivity index (χ0) is 17.9. The van der Waals surface area contributed by atoms with Gasteiger partial charge < -0.3 is 5.32 Å². The quantitative estimate of drug-likeness (QED) is 0.660. The second-order valence-corrected chi connectivity index (χ2v) is 8.37. The Hall–Kier alpha value is -2.23. The average molecular weight is 377 g/mol. The highest BCUT2D eigenvalue weighted by atomic mass is 32.2. The number of aromatic nitrogens is 3. The van der Waals surface area contributed by atoms with Crippen molar-refractivity contribution in [2.45, 2.75) is 6.42 Å². The summed E-state index contributed by atoms with van der Waals surface area (Å²) < 4.78 is 26.4. The van der Waals surface area contributed by atoms with E-state index in [2.05, 4.69) is 20.1 Å². The second kappa shape index (κ2) is 7.34. The fourth-order valence-electron chi connectivity index (χ4n) is 2.30. The van der Waals surface area contributed by atoms with Crippen molar-refractivity contribution in [3.8, 4) is 11.3 Å². The summed E-state index contributed by atoms with van der Waals surface area (Å²) in [6, 6.07) is 7.98. The first-order chi connectivity index (χ1) is 11.9. The van der Waals surface area contributed by atoms with E-state index in [9.17, 15) is 8.42 Å². The molecule has 0 saturated heterocycles. The van der Waals surface area contributed by atoms with Crippen LogP contribution in [-0.4, -0.2) is 36.0 Å². The van der Waals surface area contributed by atoms with Crippen molar-refractivity contribution in [2.75, 3.05) is 18.1 Å². The number of hydrogen-bond donors (Lipinski definition) is 2. The van der Waals surface area contributed by atoms with Crippen LogP contribution in [0.4, 0.5) is 10.8 Å². The summed E-state index contributed by atoms with van der Waals surface area (Å²) in [6.45, 7) is 0.397. The van der Waals surface area contributed by atoms with Crippen LogP contribution >= 0.6 is 11.3 Å². The maximum Gasteiger partial charge on any atom is 0.208 e. The minimum absolute atomic E-state index is 0.397. The summed E-state index contributed by atoms with van der Waals surface area (Å²) in [5.74, 6) is 0. The van der Waals surface area contributed by atoms with E-state index in [0.717, 1.165) is 33.9 Å². The van der Waals surface area contributed by atoms with E-state index in [1.54, 1.807) is 10.9 Å². The van der Waals surface area contributed by atoms with Crippen molar-refractivity contribution < 1.29 is 8.42 Å². The Morgan fingerprint density at radius 2 is 2.00 bits per heavy atom. The van der Waals surface area contributed by atoms with Crippen LogP contribution in [0.1, 0.15) is 5.56 Å². The van der Waals surface area contributed by atoms with Crippen molar-refractivity contribution in [3.63, 3.8) is 0 Å². The fraction of sp³-hybridized carbons (Fsp3) is 0.250. The molecule has 0 aliphatic carbocycles. The number of anilines is 2. The molecule has 2 heterocycles. The number of thiazole rings is 1. The molecule has 0 bridgehead atoms. The number of nitrogens with one attached hydrogen (secondary N) is 2. The van der Waals surface area contributed by atoms with E-state index in [1.165, 1.54) is 11.3 Å². The number of nitrogens with zero attached hydrogens (tertiary/aromatic N) is 3. The van der Waals surface area contributed by atoms with Crippen LogP contribution in [0.2, 0.25) is 0 Å². The summed E-state index contributed by atoms with van der Waals surface area (Å²) >= 11 is 1.53. The van der Waals surface area contributed by atoms with E-state index in [4.69, 9.17) is 0 Å². The number of hydrogen-bond acceptors (Lipinski definition) is 6. The van der Waals surface area contributed by atoms with Crippen molar-refractivity contribution in [1.29, 1.82) is 0 Å². The molecule has 2 aromatic heterocycles. The Kier molecular flexibility index (Phi) is 5.16. The molecule has 0 amide bonds. The first-order valence-electron chi connectivity index (χ1n) is 7.64. The summed E-state index contributed by atoms with van der Waals surface area (Å²) in [5.41, 5.74) is 3.90. The lowest BCUT2D eigenvalue weighted by molar-refractivity contribution is 0.588. The third-order valence-corrected chi connectivity index (χ3v) is 4.97. The van der Waals surface area contributed by atoms with Crippen LogP contribution in [0.25, 0.3) is 11.3 Å². The van der Waals surface area contributed by atoms with E-state index in [-0.39, 0.29) is 0 Å². The fourth-order valence-corrected chi connectivity index (χ4v) is 3.51. The van der Waals surface area contributed by atoms with Gasteiger partial charge in [-0.25, -0.2) is 18.1 Å². The minimum atomic E-state index is -3.14. The molecule has 7 nitrogen and oxygen atoms in total. The molecule has 0 aliphatic rings. The van der Waals surface area contributed by atoms with E-state index >= 15 is 0 Å². The third kappa shape index (κ3) is 5.12. The molecule has 0 aliphatic heterocycles. The van der Waals surface area contributed by atoms with Gasteiger partial charge in [0.1, 0.15) is 0 Å². The zero-order valence-electron chi connectivity index (χ0n) is 13.9. The number of aryl methyl sites for hydroxylation is 1. The van der Waals surface area contributed by atoms with Gasteiger partial charge in [0, 0.05) is 30.7 Å². The number of rotatable bonds is 7. The van der Waals surface area contributed by atoms with Gasteiger partial charge in [0.25, 0.3) is 0 Å². The second-order valence-electron chi connectivity index (χ2n) is 5.68. The molecule has 132 valence electrons. The summed E-state index contributed by atoms with van der Waals surface area (Å²) in [4.78, 5) is 4.59. The van der Waals surface area contributed by atoms with E-state index in [0.29, 0.717) is 13.0 Å². The van der Waals surface area contributed by atoms with Crippen LogP contribution < -0.4 is 10.0 Å². The SMILES string of the molecule is Cn1cc(Nc2nc(-c3ccc(CCNS(C)(=O)=O)cc3)cs2)cn1. The van der Waals surface area contributed by atoms with Gasteiger partial charge in [0.05, 0.1) is 23.8 Å². The van der Waals surface area contributed by atoms with Gasteiger partial charge in [-0.2, -0.15) is 5.10 Å². The van der Waals surface area contributed by atoms with Gasteiger partial charge in [-0.1, -0.05) is 24.3 Å². The number of sulfonamides is 1. The average Bonchev–Trinajstić information content (AvgIpc) is 3.16. The molecule has 9 heteroatoms. The van der Waals surface area contributed by atoms with Crippen LogP contribution in [-0.2, 0) is 23.5 Å². The Bertz CT molecular complexity index is 945. The first-order valence-corrected chi connectivity index (χ1v) is 10.4. The van der Waals surface area contributed by atoms with Gasteiger partial charge in [-0.05, 0) is 12.0 Å². The van der Waals surface area contributed by atoms with E-state index < -0.39 is 10.0 Å². The van der Waals surface area contributed by atoms with Gasteiger partial charge >= 0.3 is 0 Å². The molecule has 1 aromatic carbocycles. The molecule has 0 unspecified atom stereocenters. The van der Waals surface area contributed by atoms with E-state index in [1.807, 2.05) is 42.9 Å². The van der Waals surface area contributed by atoms with Gasteiger partial charge in [-0.15, -0.1) is 11.3 Å². The first kappa shape index (κ1) is 17.6. The van der Waals surface area contributed by atoms with Crippen LogP contribution in [0.3, 0.4) is 0 Å². The molecule has 0 atom stereocenters. The van der Waals surface area contributed by atoms with Crippen molar-refractivity contribution in [3.05, 3.63) is 47.6 Å². The predicted molar refractivity (Wildman–Crippen MR) is 101 cm³/mol. The van der Waals surface area contributed by atoms with Crippen molar-refractivity contribution in [1.82, 2.24) is 19.5 Å². The topological polar surface area (TPSA) is 88.9 Å². The van der Waals surface area contributed by atoms with Crippen molar-refractivity contribution in [2.24, 2.45) is 7.05 Å². The normalized spacial score (nSPS) is 11.6. The molecule has 0 radical (unpaired) electrons. The Balaban J connectivity index is 1.62. The molecule has 0 fully saturated rings. The lowest BCUT2D eigenvalue weighted by Crippen LogP contribution is -2.24. The summed E-state index contributed by atoms with van der Waals surface area (Å²) in [7, 11) is -1.27. The maximum atomic E-state index is 11.1. The standard InChI is InChI=1S/C16H19N5O2S2/c1-21-10-14(9-17-21)19-16-20-15(11-24-16)13-5-3-12(4-6-13)7-8-18-25(2,22)23/h3-6,9-11,18H,7-8H2,1-2H3,(H,19,20). The number of benzene rings is 1. The van der Waals surface area contributed by atoms with Crippen molar-refractivity contribution >= 4 is 32.2 Å². The molecule has 0 spiro atoms. The molecular weight excluding hydrogens is 358 g/mol. The highest BCUT2D eigenvalue weighted by molar-refractivity contribution is 7.88. The smallest absolute Gasteiger partial charge is 0.208 e. The Morgan fingerprint density at radius 3 is 2.64 bits per heavy atom. The monoisotopic (exact) mass is 377 g/mol.